The van der Waals surface area contributed by atoms with Crippen molar-refractivity contribution >= 4 is 11.6 Å². The average Bonchev–Trinajstić information content (AvgIpc) is 2.59. The van der Waals surface area contributed by atoms with Gasteiger partial charge >= 0.3 is 6.11 Å². The van der Waals surface area contributed by atoms with E-state index in [1.54, 1.807) is 0 Å². The van der Waals surface area contributed by atoms with Gasteiger partial charge in [0.15, 0.2) is 17.5 Å². The van der Waals surface area contributed by atoms with Crippen LogP contribution in [0.5, 0.6) is 5.75 Å². The third-order valence-electron chi connectivity index (χ3n) is 3.71. The molecule has 0 bridgehead atoms. The lowest BCUT2D eigenvalue weighted by Gasteiger charge is -2.20. The molecule has 0 aliphatic carbocycles. The van der Waals surface area contributed by atoms with E-state index in [0.717, 1.165) is 0 Å². The van der Waals surface area contributed by atoms with E-state index in [2.05, 4.69) is 4.74 Å². The smallest absolute Gasteiger partial charge is 0.429 e. The van der Waals surface area contributed by atoms with Gasteiger partial charge in [-0.2, -0.15) is 8.78 Å². The van der Waals surface area contributed by atoms with Gasteiger partial charge in [0.1, 0.15) is 22.9 Å². The molecule has 0 amide bonds. The van der Waals surface area contributed by atoms with Crippen LogP contribution in [0.2, 0.25) is 5.02 Å². The van der Waals surface area contributed by atoms with Gasteiger partial charge in [0.25, 0.3) is 0 Å². The predicted molar refractivity (Wildman–Crippen MR) is 94.4 cm³/mol. The van der Waals surface area contributed by atoms with Crippen LogP contribution in [0.15, 0.2) is 48.5 Å². The van der Waals surface area contributed by atoms with Crippen molar-refractivity contribution in [1.29, 1.82) is 0 Å². The van der Waals surface area contributed by atoms with Crippen LogP contribution in [0, 0.1) is 29.1 Å². The highest BCUT2D eigenvalue weighted by molar-refractivity contribution is 6.30. The number of rotatable bonds is 4. The summed E-state index contributed by atoms with van der Waals surface area (Å²) in [6.45, 7) is 0. The van der Waals surface area contributed by atoms with E-state index in [1.807, 2.05) is 0 Å². The van der Waals surface area contributed by atoms with Crippen LogP contribution >= 0.6 is 11.6 Å². The molecule has 0 heterocycles. The molecule has 0 aliphatic heterocycles. The fraction of sp³-hybridized carbons (Fsp3) is 0.100. The Balaban J connectivity index is 0.00000300. The Hall–Kier alpha value is -2.74. The first-order valence-corrected chi connectivity index (χ1v) is 7.93. The molecular formula is C20H12ClF7O. The molecule has 0 radical (unpaired) electrons. The van der Waals surface area contributed by atoms with Gasteiger partial charge in [-0.05, 0) is 35.4 Å². The maximum Gasteiger partial charge on any atom is 0.432 e. The quantitative estimate of drug-likeness (QED) is 0.304. The molecule has 0 aliphatic rings. The van der Waals surface area contributed by atoms with Crippen LogP contribution in [-0.4, -0.2) is 0 Å². The van der Waals surface area contributed by atoms with Crippen molar-refractivity contribution in [2.75, 3.05) is 0 Å². The summed E-state index contributed by atoms with van der Waals surface area (Å²) in [6, 6.07) is 7.28. The van der Waals surface area contributed by atoms with Crippen LogP contribution in [0.25, 0.3) is 11.1 Å². The van der Waals surface area contributed by atoms with Crippen molar-refractivity contribution < 1.29 is 35.5 Å². The maximum atomic E-state index is 14.3. The molecular weight excluding hydrogens is 425 g/mol. The molecule has 0 saturated carbocycles. The summed E-state index contributed by atoms with van der Waals surface area (Å²) >= 11 is 5.72. The van der Waals surface area contributed by atoms with Crippen molar-refractivity contribution in [2.24, 2.45) is 0 Å². The van der Waals surface area contributed by atoms with Crippen LogP contribution in [0.1, 0.15) is 13.0 Å². The fourth-order valence-corrected chi connectivity index (χ4v) is 2.58. The molecule has 3 aromatic rings. The minimum absolute atomic E-state index is 0. The molecule has 0 saturated heterocycles. The van der Waals surface area contributed by atoms with Gasteiger partial charge in [-0.1, -0.05) is 31.2 Å². The first-order chi connectivity index (χ1) is 13.1. The molecule has 0 fully saturated rings. The van der Waals surface area contributed by atoms with E-state index < -0.39 is 46.5 Å². The normalized spacial score (nSPS) is 11.2. The van der Waals surface area contributed by atoms with Crippen molar-refractivity contribution in [2.45, 2.75) is 13.5 Å². The highest BCUT2D eigenvalue weighted by Crippen LogP contribution is 2.37. The highest BCUT2D eigenvalue weighted by Gasteiger charge is 2.41. The zero-order valence-electron chi connectivity index (χ0n) is 13.6. The average molecular weight is 437 g/mol. The lowest BCUT2D eigenvalue weighted by molar-refractivity contribution is -0.189. The zero-order valence-corrected chi connectivity index (χ0v) is 14.3. The predicted octanol–water partition coefficient (Wildman–Crippen LogP) is 7.47. The molecule has 0 spiro atoms. The second-order valence-corrected chi connectivity index (χ2v) is 6.08. The molecule has 9 heteroatoms. The zero-order chi connectivity index (χ0) is 20.6. The Morgan fingerprint density at radius 3 is 1.66 bits per heavy atom. The van der Waals surface area contributed by atoms with E-state index in [-0.39, 0.29) is 25.1 Å². The summed E-state index contributed by atoms with van der Waals surface area (Å²) < 4.78 is 100. The monoisotopic (exact) mass is 436 g/mol. The Morgan fingerprint density at radius 1 is 0.690 bits per heavy atom. The molecule has 0 aromatic heterocycles. The SMILES string of the molecule is C.Fc1cc(OC(F)(F)c2c(F)cc(-c3ccc(Cl)cc3)cc2F)cc(F)c1F. The minimum Gasteiger partial charge on any atom is -0.429 e. The van der Waals surface area contributed by atoms with Crippen LogP contribution < -0.4 is 4.74 Å². The summed E-state index contributed by atoms with van der Waals surface area (Å²) in [5.41, 5.74) is -1.51. The van der Waals surface area contributed by atoms with Crippen LogP contribution in [-0.2, 0) is 6.11 Å². The summed E-state index contributed by atoms with van der Waals surface area (Å²) in [4.78, 5) is 0. The second kappa shape index (κ2) is 8.32. The Kier molecular flexibility index (Phi) is 6.47. The lowest BCUT2D eigenvalue weighted by atomic mass is 10.0. The van der Waals surface area contributed by atoms with Gasteiger partial charge in [0, 0.05) is 17.2 Å². The standard InChI is InChI=1S/C19H8ClF7O.CH4/c20-11-3-1-9(2-4-11)10-5-13(21)17(14(22)6-10)19(26,27)28-12-7-15(23)18(25)16(24)8-12;/h1-8H;1H4. The van der Waals surface area contributed by atoms with Crippen molar-refractivity contribution in [3.8, 4) is 16.9 Å². The summed E-state index contributed by atoms with van der Waals surface area (Å²) in [5.74, 6) is -9.96. The van der Waals surface area contributed by atoms with E-state index in [0.29, 0.717) is 22.7 Å². The van der Waals surface area contributed by atoms with Gasteiger partial charge in [-0.25, -0.2) is 22.0 Å². The minimum atomic E-state index is -4.64. The van der Waals surface area contributed by atoms with Crippen molar-refractivity contribution in [1.82, 2.24) is 0 Å². The molecule has 29 heavy (non-hydrogen) atoms. The van der Waals surface area contributed by atoms with Gasteiger partial charge < -0.3 is 4.74 Å². The van der Waals surface area contributed by atoms with Crippen LogP contribution in [0.4, 0.5) is 30.7 Å². The third kappa shape index (κ3) is 4.64. The summed E-state index contributed by atoms with van der Waals surface area (Å²) in [6.07, 6.45) is -4.64. The second-order valence-electron chi connectivity index (χ2n) is 5.64. The van der Waals surface area contributed by atoms with E-state index >= 15 is 0 Å². The summed E-state index contributed by atoms with van der Waals surface area (Å²) in [7, 11) is 0. The Morgan fingerprint density at radius 2 is 1.17 bits per heavy atom. The summed E-state index contributed by atoms with van der Waals surface area (Å²) in [5, 5.41) is 0.361. The molecule has 154 valence electrons. The Labute approximate surface area is 166 Å². The van der Waals surface area contributed by atoms with Crippen molar-refractivity contribution in [3.63, 3.8) is 0 Å². The fourth-order valence-electron chi connectivity index (χ4n) is 2.45. The largest absolute Gasteiger partial charge is 0.432 e. The number of hydrogen-bond donors (Lipinski definition) is 0. The molecule has 1 nitrogen and oxygen atoms in total. The molecule has 3 aromatic carbocycles. The van der Waals surface area contributed by atoms with E-state index in [1.165, 1.54) is 24.3 Å². The maximum absolute atomic E-state index is 14.3. The molecule has 0 unspecified atom stereocenters. The first kappa shape index (κ1) is 22.5. The molecule has 3 rings (SSSR count). The number of alkyl halides is 2. The van der Waals surface area contributed by atoms with Gasteiger partial charge in [-0.15, -0.1) is 0 Å². The highest BCUT2D eigenvalue weighted by atomic mass is 35.5. The lowest BCUT2D eigenvalue weighted by Crippen LogP contribution is -2.25. The number of ether oxygens (including phenoxy) is 1. The van der Waals surface area contributed by atoms with Gasteiger partial charge in [0.05, 0.1) is 0 Å². The number of halogens is 8. The van der Waals surface area contributed by atoms with E-state index in [9.17, 15) is 30.7 Å². The first-order valence-electron chi connectivity index (χ1n) is 7.55. The van der Waals surface area contributed by atoms with Crippen molar-refractivity contribution in [3.05, 3.63) is 88.2 Å². The number of hydrogen-bond acceptors (Lipinski definition) is 1. The molecule has 0 atom stereocenters. The van der Waals surface area contributed by atoms with Gasteiger partial charge in [0.2, 0.25) is 0 Å². The van der Waals surface area contributed by atoms with Gasteiger partial charge in [-0.3, -0.25) is 0 Å². The molecule has 0 N–H and O–H groups in total. The Bertz CT molecular complexity index is 989. The van der Waals surface area contributed by atoms with Crippen LogP contribution in [0.3, 0.4) is 0 Å². The topological polar surface area (TPSA) is 9.23 Å². The third-order valence-corrected chi connectivity index (χ3v) is 3.97. The van der Waals surface area contributed by atoms with E-state index in [4.69, 9.17) is 11.6 Å². The number of benzene rings is 3.